The van der Waals surface area contributed by atoms with E-state index in [9.17, 15) is 13.2 Å². The molecule has 2 aromatic rings. The van der Waals surface area contributed by atoms with Gasteiger partial charge in [-0.2, -0.15) is 4.31 Å². The van der Waals surface area contributed by atoms with Crippen LogP contribution >= 0.6 is 0 Å². The van der Waals surface area contributed by atoms with Crippen LogP contribution < -0.4 is 10.1 Å². The van der Waals surface area contributed by atoms with Crippen LogP contribution in [-0.4, -0.2) is 70.0 Å². The van der Waals surface area contributed by atoms with Gasteiger partial charge in [0.15, 0.2) is 0 Å². The van der Waals surface area contributed by atoms with Gasteiger partial charge in [0.1, 0.15) is 10.6 Å². The van der Waals surface area contributed by atoms with Gasteiger partial charge in [0.05, 0.1) is 20.3 Å². The van der Waals surface area contributed by atoms with Crippen molar-refractivity contribution in [1.29, 1.82) is 0 Å². The number of carbonyl (C=O) groups is 1. The lowest BCUT2D eigenvalue weighted by Crippen LogP contribution is -2.40. The topological polar surface area (TPSA) is 88.2 Å². The number of morpholine rings is 1. The standard InChI is InChI=1S/C25H33N3O5S/c1-32-23-10-9-20(17-24(23)34(30,31)28-13-15-33-16-14-28)25(29)26-18-21-7-3-4-8-22(21)19-27-11-5-2-6-12-27/h3-4,7-10,17H,2,5-6,11-16,18-19H2,1H3,(H,26,29). The van der Waals surface area contributed by atoms with Crippen molar-refractivity contribution in [2.45, 2.75) is 37.2 Å². The summed E-state index contributed by atoms with van der Waals surface area (Å²) in [5.74, 6) is -0.108. The number of benzene rings is 2. The van der Waals surface area contributed by atoms with E-state index < -0.39 is 10.0 Å². The van der Waals surface area contributed by atoms with Crippen LogP contribution in [0.25, 0.3) is 0 Å². The van der Waals surface area contributed by atoms with Crippen LogP contribution in [0, 0.1) is 0 Å². The Morgan fingerprint density at radius 3 is 2.41 bits per heavy atom. The van der Waals surface area contributed by atoms with E-state index in [0.29, 0.717) is 19.8 Å². The van der Waals surface area contributed by atoms with Gasteiger partial charge in [-0.25, -0.2) is 8.42 Å². The minimum absolute atomic E-state index is 0.00458. The molecule has 8 nitrogen and oxygen atoms in total. The normalized spacial score (nSPS) is 17.9. The number of nitrogens with zero attached hydrogens (tertiary/aromatic N) is 2. The fraction of sp³-hybridized carbons (Fsp3) is 0.480. The molecule has 0 radical (unpaired) electrons. The average molecular weight is 488 g/mol. The quantitative estimate of drug-likeness (QED) is 0.616. The highest BCUT2D eigenvalue weighted by Crippen LogP contribution is 2.28. The highest BCUT2D eigenvalue weighted by molar-refractivity contribution is 7.89. The molecule has 0 bridgehead atoms. The summed E-state index contributed by atoms with van der Waals surface area (Å²) in [5, 5.41) is 2.96. The van der Waals surface area contributed by atoms with Crippen LogP contribution in [0.3, 0.4) is 0 Å². The molecule has 2 aliphatic heterocycles. The van der Waals surface area contributed by atoms with Crippen molar-refractivity contribution >= 4 is 15.9 Å². The molecule has 184 valence electrons. The van der Waals surface area contributed by atoms with Gasteiger partial charge in [-0.3, -0.25) is 9.69 Å². The Morgan fingerprint density at radius 1 is 1.00 bits per heavy atom. The van der Waals surface area contributed by atoms with Gasteiger partial charge in [0.25, 0.3) is 5.91 Å². The van der Waals surface area contributed by atoms with Crippen LogP contribution in [0.5, 0.6) is 5.75 Å². The van der Waals surface area contributed by atoms with E-state index in [-0.39, 0.29) is 35.2 Å². The molecule has 2 heterocycles. The molecule has 2 aliphatic rings. The molecule has 2 saturated heterocycles. The third-order valence-corrected chi connectivity index (χ3v) is 8.33. The number of rotatable bonds is 8. The van der Waals surface area contributed by atoms with E-state index in [1.54, 1.807) is 6.07 Å². The van der Waals surface area contributed by atoms with E-state index in [1.165, 1.54) is 48.4 Å². The Labute approximate surface area is 201 Å². The van der Waals surface area contributed by atoms with Gasteiger partial charge in [0.2, 0.25) is 10.0 Å². The first-order valence-corrected chi connectivity index (χ1v) is 13.3. The lowest BCUT2D eigenvalue weighted by Gasteiger charge is -2.27. The van der Waals surface area contributed by atoms with Crippen LogP contribution in [0.1, 0.15) is 40.7 Å². The first-order valence-electron chi connectivity index (χ1n) is 11.8. The zero-order valence-electron chi connectivity index (χ0n) is 19.7. The Morgan fingerprint density at radius 2 is 1.71 bits per heavy atom. The monoisotopic (exact) mass is 487 g/mol. The van der Waals surface area contributed by atoms with Gasteiger partial charge >= 0.3 is 0 Å². The van der Waals surface area contributed by atoms with Crippen molar-refractivity contribution in [3.05, 3.63) is 59.2 Å². The predicted molar refractivity (Wildman–Crippen MR) is 129 cm³/mol. The minimum Gasteiger partial charge on any atom is -0.495 e. The van der Waals surface area contributed by atoms with Crippen LogP contribution in [0.4, 0.5) is 0 Å². The van der Waals surface area contributed by atoms with Crippen LogP contribution in [-0.2, 0) is 27.8 Å². The molecule has 0 aromatic heterocycles. The molecule has 4 rings (SSSR count). The molecule has 2 aromatic carbocycles. The Balaban J connectivity index is 1.48. The Kier molecular flexibility index (Phi) is 8.20. The molecule has 0 atom stereocenters. The lowest BCUT2D eigenvalue weighted by atomic mass is 10.0. The van der Waals surface area contributed by atoms with Crippen molar-refractivity contribution < 1.29 is 22.7 Å². The number of amides is 1. The number of piperidine rings is 1. The number of nitrogens with one attached hydrogen (secondary N) is 1. The van der Waals surface area contributed by atoms with E-state index >= 15 is 0 Å². The van der Waals surface area contributed by atoms with Gasteiger partial charge in [-0.1, -0.05) is 30.7 Å². The molecular formula is C25H33N3O5S. The minimum atomic E-state index is -3.81. The second-order valence-corrected chi connectivity index (χ2v) is 10.6. The number of methoxy groups -OCH3 is 1. The molecule has 1 amide bonds. The van der Waals surface area contributed by atoms with Gasteiger partial charge in [-0.05, 0) is 55.3 Å². The molecule has 0 unspecified atom stereocenters. The maximum Gasteiger partial charge on any atom is 0.251 e. The van der Waals surface area contributed by atoms with Crippen molar-refractivity contribution in [1.82, 2.24) is 14.5 Å². The van der Waals surface area contributed by atoms with Gasteiger partial charge in [0, 0.05) is 31.7 Å². The molecule has 2 fully saturated rings. The lowest BCUT2D eigenvalue weighted by molar-refractivity contribution is 0.0729. The zero-order valence-corrected chi connectivity index (χ0v) is 20.5. The summed E-state index contributed by atoms with van der Waals surface area (Å²) < 4.78 is 38.4. The number of hydrogen-bond donors (Lipinski definition) is 1. The second kappa shape index (κ2) is 11.3. The maximum absolute atomic E-state index is 13.2. The van der Waals surface area contributed by atoms with Crippen LogP contribution in [0.15, 0.2) is 47.4 Å². The van der Waals surface area contributed by atoms with Crippen molar-refractivity contribution in [2.75, 3.05) is 46.5 Å². The van der Waals surface area contributed by atoms with Crippen molar-refractivity contribution in [2.24, 2.45) is 0 Å². The third kappa shape index (κ3) is 5.78. The van der Waals surface area contributed by atoms with Crippen LogP contribution in [0.2, 0.25) is 0 Å². The number of carbonyl (C=O) groups excluding carboxylic acids is 1. The molecular weight excluding hydrogens is 454 g/mol. The summed E-state index contributed by atoms with van der Waals surface area (Å²) in [6.45, 7) is 4.69. The Hall–Kier alpha value is -2.46. The summed E-state index contributed by atoms with van der Waals surface area (Å²) >= 11 is 0. The maximum atomic E-state index is 13.2. The van der Waals surface area contributed by atoms with Crippen molar-refractivity contribution in [3.8, 4) is 5.75 Å². The summed E-state index contributed by atoms with van der Waals surface area (Å²) in [7, 11) is -2.38. The smallest absolute Gasteiger partial charge is 0.251 e. The number of sulfonamides is 1. The van der Waals surface area contributed by atoms with E-state index in [1.807, 2.05) is 18.2 Å². The number of hydrogen-bond acceptors (Lipinski definition) is 6. The zero-order chi connectivity index (χ0) is 24.0. The van der Waals surface area contributed by atoms with Gasteiger partial charge in [-0.15, -0.1) is 0 Å². The molecule has 0 saturated carbocycles. The van der Waals surface area contributed by atoms with E-state index in [0.717, 1.165) is 25.2 Å². The van der Waals surface area contributed by atoms with Gasteiger partial charge < -0.3 is 14.8 Å². The SMILES string of the molecule is COc1ccc(C(=O)NCc2ccccc2CN2CCCCC2)cc1S(=O)(=O)N1CCOCC1. The molecule has 34 heavy (non-hydrogen) atoms. The third-order valence-electron chi connectivity index (χ3n) is 6.41. The summed E-state index contributed by atoms with van der Waals surface area (Å²) in [6.07, 6.45) is 3.75. The van der Waals surface area contributed by atoms with E-state index in [2.05, 4.69) is 16.3 Å². The number of likely N-dealkylation sites (tertiary alicyclic amines) is 1. The number of ether oxygens (including phenoxy) is 2. The molecule has 9 heteroatoms. The fourth-order valence-corrected chi connectivity index (χ4v) is 6.06. The van der Waals surface area contributed by atoms with Crippen molar-refractivity contribution in [3.63, 3.8) is 0 Å². The average Bonchev–Trinajstić information content (AvgIpc) is 2.88. The molecule has 1 N–H and O–H groups in total. The highest BCUT2D eigenvalue weighted by atomic mass is 32.2. The predicted octanol–water partition coefficient (Wildman–Crippen LogP) is 2.63. The highest BCUT2D eigenvalue weighted by Gasteiger charge is 2.30. The summed E-state index contributed by atoms with van der Waals surface area (Å²) in [4.78, 5) is 15.4. The molecule has 0 aliphatic carbocycles. The first-order chi connectivity index (χ1) is 16.5. The Bertz CT molecular complexity index is 1090. The summed E-state index contributed by atoms with van der Waals surface area (Å²) in [5.41, 5.74) is 2.55. The van der Waals surface area contributed by atoms with E-state index in [4.69, 9.17) is 9.47 Å². The summed E-state index contributed by atoms with van der Waals surface area (Å²) in [6, 6.07) is 12.7. The largest absolute Gasteiger partial charge is 0.495 e. The second-order valence-electron chi connectivity index (χ2n) is 8.67. The first kappa shape index (κ1) is 24.7. The molecule has 0 spiro atoms. The fourth-order valence-electron chi connectivity index (χ4n) is 4.47.